The molecular weight excluding hydrogens is 522 g/mol. The van der Waals surface area contributed by atoms with E-state index in [9.17, 15) is 18.3 Å². The van der Waals surface area contributed by atoms with Gasteiger partial charge in [0.2, 0.25) is 0 Å². The van der Waals surface area contributed by atoms with Gasteiger partial charge in [-0.1, -0.05) is 84.9 Å². The quantitative estimate of drug-likeness (QED) is 0.226. The molecule has 1 aromatic heterocycles. The number of hydrogen-bond acceptors (Lipinski definition) is 5. The highest BCUT2D eigenvalue weighted by molar-refractivity contribution is 7.90. The highest BCUT2D eigenvalue weighted by Gasteiger charge is 2.25. The van der Waals surface area contributed by atoms with Gasteiger partial charge < -0.3 is 15.7 Å². The van der Waals surface area contributed by atoms with Crippen molar-refractivity contribution in [3.8, 4) is 0 Å². The maximum atomic E-state index is 13.6. The summed E-state index contributed by atoms with van der Waals surface area (Å²) >= 11 is 0. The minimum atomic E-state index is -3.84. The van der Waals surface area contributed by atoms with Crippen LogP contribution in [-0.4, -0.2) is 42.1 Å². The Bertz CT molecular complexity index is 1670. The lowest BCUT2D eigenvalue weighted by Gasteiger charge is -2.25. The number of carbonyl (C=O) groups is 1. The van der Waals surface area contributed by atoms with Gasteiger partial charge in [0, 0.05) is 30.2 Å². The zero-order valence-corrected chi connectivity index (χ0v) is 22.7. The molecule has 0 aliphatic carbocycles. The van der Waals surface area contributed by atoms with E-state index in [0.29, 0.717) is 29.4 Å². The van der Waals surface area contributed by atoms with E-state index in [2.05, 4.69) is 10.6 Å². The van der Waals surface area contributed by atoms with E-state index < -0.39 is 22.2 Å². The molecule has 3 N–H and O–H groups in total. The fraction of sp³-hybridized carbons (Fsp3) is 0.156. The molecule has 2 atom stereocenters. The summed E-state index contributed by atoms with van der Waals surface area (Å²) in [5.74, 6) is -0.386. The zero-order chi connectivity index (χ0) is 28.0. The zero-order valence-electron chi connectivity index (χ0n) is 21.9. The number of benzene rings is 4. The van der Waals surface area contributed by atoms with Crippen molar-refractivity contribution in [3.05, 3.63) is 138 Å². The third kappa shape index (κ3) is 6.15. The topological polar surface area (TPSA) is 100 Å². The standard InChI is InChI=1S/C32H31N3O4S/c36-31(23-33-22-25-13-6-2-7-14-25)29(21-24-11-4-1-5-12-24)34-32(37)28-17-10-18-30-27(28)19-20-35(30)40(38,39)26-15-8-3-9-16-26/h1-20,29,31,33,36H,21-23H2,(H,34,37)/t29-,31+/m0/s1. The van der Waals surface area contributed by atoms with Crippen molar-refractivity contribution in [1.29, 1.82) is 0 Å². The smallest absolute Gasteiger partial charge is 0.268 e. The predicted octanol–water partition coefficient (Wildman–Crippen LogP) is 4.37. The van der Waals surface area contributed by atoms with E-state index in [1.807, 2.05) is 60.7 Å². The van der Waals surface area contributed by atoms with Crippen molar-refractivity contribution in [3.63, 3.8) is 0 Å². The molecule has 0 fully saturated rings. The number of nitrogens with one attached hydrogen (secondary N) is 2. The summed E-state index contributed by atoms with van der Waals surface area (Å²) in [5.41, 5.74) is 2.82. The second-order valence-corrected chi connectivity index (χ2v) is 11.4. The van der Waals surface area contributed by atoms with Crippen LogP contribution in [0.4, 0.5) is 0 Å². The van der Waals surface area contributed by atoms with Crippen LogP contribution in [0.1, 0.15) is 21.5 Å². The highest BCUT2D eigenvalue weighted by atomic mass is 32.2. The number of aliphatic hydroxyl groups excluding tert-OH is 1. The molecule has 204 valence electrons. The van der Waals surface area contributed by atoms with Crippen molar-refractivity contribution < 1.29 is 18.3 Å². The van der Waals surface area contributed by atoms with Crippen LogP contribution >= 0.6 is 0 Å². The van der Waals surface area contributed by atoms with Gasteiger partial charge in [-0.15, -0.1) is 0 Å². The normalized spacial score (nSPS) is 13.1. The third-order valence-corrected chi connectivity index (χ3v) is 8.55. The summed E-state index contributed by atoms with van der Waals surface area (Å²) in [4.78, 5) is 13.7. The number of amides is 1. The summed E-state index contributed by atoms with van der Waals surface area (Å²) in [6.07, 6.45) is 1.03. The maximum Gasteiger partial charge on any atom is 0.268 e. The van der Waals surface area contributed by atoms with E-state index >= 15 is 0 Å². The number of nitrogens with zero attached hydrogens (tertiary/aromatic N) is 1. The van der Waals surface area contributed by atoms with Crippen molar-refractivity contribution in [1.82, 2.24) is 14.6 Å². The first-order valence-electron chi connectivity index (χ1n) is 13.1. The number of aromatic nitrogens is 1. The molecular formula is C32H31N3O4S. The van der Waals surface area contributed by atoms with Crippen LogP contribution < -0.4 is 10.6 Å². The van der Waals surface area contributed by atoms with Gasteiger partial charge >= 0.3 is 0 Å². The molecule has 1 heterocycles. The van der Waals surface area contributed by atoms with Crippen LogP contribution in [0.15, 0.2) is 126 Å². The first-order chi connectivity index (χ1) is 19.4. The monoisotopic (exact) mass is 553 g/mol. The molecule has 7 nitrogen and oxygen atoms in total. The van der Waals surface area contributed by atoms with Crippen LogP contribution in [0, 0.1) is 0 Å². The average Bonchev–Trinajstić information content (AvgIpc) is 3.44. The van der Waals surface area contributed by atoms with Crippen LogP contribution in [0.3, 0.4) is 0 Å². The highest BCUT2D eigenvalue weighted by Crippen LogP contribution is 2.25. The Morgan fingerprint density at radius 3 is 2.08 bits per heavy atom. The summed E-state index contributed by atoms with van der Waals surface area (Å²) in [7, 11) is -3.84. The molecule has 0 saturated carbocycles. The van der Waals surface area contributed by atoms with Crippen LogP contribution in [0.5, 0.6) is 0 Å². The molecule has 0 bridgehead atoms. The number of rotatable bonds is 11. The molecule has 4 aromatic carbocycles. The van der Waals surface area contributed by atoms with Crippen molar-refractivity contribution in [2.75, 3.05) is 6.54 Å². The van der Waals surface area contributed by atoms with Gasteiger partial charge in [-0.3, -0.25) is 4.79 Å². The van der Waals surface area contributed by atoms with Crippen LogP contribution in [-0.2, 0) is 23.0 Å². The van der Waals surface area contributed by atoms with E-state index in [4.69, 9.17) is 0 Å². The summed E-state index contributed by atoms with van der Waals surface area (Å²) in [6, 6.07) is 33.8. The average molecular weight is 554 g/mol. The lowest BCUT2D eigenvalue weighted by molar-refractivity contribution is 0.0831. The third-order valence-electron chi connectivity index (χ3n) is 6.85. The lowest BCUT2D eigenvalue weighted by atomic mass is 10.00. The van der Waals surface area contributed by atoms with Gasteiger partial charge in [0.1, 0.15) is 0 Å². The molecule has 0 saturated heterocycles. The van der Waals surface area contributed by atoms with Gasteiger partial charge in [-0.2, -0.15) is 0 Å². The first-order valence-corrected chi connectivity index (χ1v) is 14.6. The molecule has 0 spiro atoms. The Balaban J connectivity index is 1.38. The Hall–Kier alpha value is -4.24. The summed E-state index contributed by atoms with van der Waals surface area (Å²) < 4.78 is 27.8. The molecule has 5 rings (SSSR count). The van der Waals surface area contributed by atoms with E-state index in [0.717, 1.165) is 11.1 Å². The number of carbonyl (C=O) groups excluding carboxylic acids is 1. The number of hydrogen-bond donors (Lipinski definition) is 3. The Morgan fingerprint density at radius 1 is 0.775 bits per heavy atom. The second kappa shape index (κ2) is 12.3. The Morgan fingerprint density at radius 2 is 1.40 bits per heavy atom. The summed E-state index contributed by atoms with van der Waals surface area (Å²) in [5, 5.41) is 17.9. The SMILES string of the molecule is O=C(N[C@@H](Cc1ccccc1)[C@H](O)CNCc1ccccc1)c1cccc2c1ccn2S(=O)(=O)c1ccccc1. The van der Waals surface area contributed by atoms with E-state index in [1.54, 1.807) is 54.6 Å². The largest absolute Gasteiger partial charge is 0.390 e. The molecule has 40 heavy (non-hydrogen) atoms. The number of aliphatic hydroxyl groups is 1. The Kier molecular flexibility index (Phi) is 8.40. The van der Waals surface area contributed by atoms with Gasteiger partial charge in [0.15, 0.2) is 0 Å². The van der Waals surface area contributed by atoms with Gasteiger partial charge in [0.05, 0.1) is 22.6 Å². The number of fused-ring (bicyclic) bond motifs is 1. The molecule has 5 aromatic rings. The molecule has 0 aliphatic rings. The van der Waals surface area contributed by atoms with Crippen LogP contribution in [0.2, 0.25) is 0 Å². The fourth-order valence-electron chi connectivity index (χ4n) is 4.76. The predicted molar refractivity (Wildman–Crippen MR) is 157 cm³/mol. The molecule has 0 unspecified atom stereocenters. The maximum absolute atomic E-state index is 13.6. The van der Waals surface area contributed by atoms with Crippen LogP contribution in [0.25, 0.3) is 10.9 Å². The van der Waals surface area contributed by atoms with Gasteiger partial charge in [-0.05, 0) is 47.9 Å². The van der Waals surface area contributed by atoms with E-state index in [-0.39, 0.29) is 17.3 Å². The van der Waals surface area contributed by atoms with Gasteiger partial charge in [-0.25, -0.2) is 12.4 Å². The minimum absolute atomic E-state index is 0.163. The molecule has 8 heteroatoms. The first kappa shape index (κ1) is 27.3. The Labute approximate surface area is 234 Å². The fourth-order valence-corrected chi connectivity index (χ4v) is 6.12. The molecule has 0 aliphatic heterocycles. The lowest BCUT2D eigenvalue weighted by Crippen LogP contribution is -2.48. The second-order valence-electron chi connectivity index (χ2n) is 9.62. The van der Waals surface area contributed by atoms with E-state index in [1.165, 1.54) is 10.2 Å². The van der Waals surface area contributed by atoms with Crippen molar-refractivity contribution in [2.24, 2.45) is 0 Å². The minimum Gasteiger partial charge on any atom is -0.390 e. The van der Waals surface area contributed by atoms with Gasteiger partial charge in [0.25, 0.3) is 15.9 Å². The van der Waals surface area contributed by atoms with Crippen molar-refractivity contribution in [2.45, 2.75) is 30.0 Å². The molecule has 0 radical (unpaired) electrons. The summed E-state index contributed by atoms with van der Waals surface area (Å²) in [6.45, 7) is 0.870. The van der Waals surface area contributed by atoms with Crippen molar-refractivity contribution >= 4 is 26.8 Å². The molecule has 1 amide bonds.